The predicted molar refractivity (Wildman–Crippen MR) is 50.1 cm³/mol. The highest BCUT2D eigenvalue weighted by atomic mass is 16.1. The van der Waals surface area contributed by atoms with Crippen LogP contribution in [0.15, 0.2) is 18.3 Å². The highest BCUT2D eigenvalue weighted by Crippen LogP contribution is 2.30. The van der Waals surface area contributed by atoms with E-state index in [4.69, 9.17) is 5.73 Å². The lowest BCUT2D eigenvalue weighted by atomic mass is 10.1. The Morgan fingerprint density at radius 3 is 3.00 bits per heavy atom. The van der Waals surface area contributed by atoms with Gasteiger partial charge in [-0.05, 0) is 30.5 Å². The van der Waals surface area contributed by atoms with Gasteiger partial charge in [0.15, 0.2) is 0 Å². The van der Waals surface area contributed by atoms with Crippen LogP contribution in [0.4, 0.5) is 5.82 Å². The smallest absolute Gasteiger partial charge is 0.140 e. The number of Topliss-reactive ketones (excluding diaryl/α,β-unsaturated/α-hetero) is 1. The molecule has 1 aromatic heterocycles. The first-order valence-corrected chi connectivity index (χ1v) is 4.49. The predicted octanol–water partition coefficient (Wildman–Crippen LogP) is 1.19. The largest absolute Gasteiger partial charge is 0.384 e. The van der Waals surface area contributed by atoms with Crippen molar-refractivity contribution in [2.24, 2.45) is 5.92 Å². The summed E-state index contributed by atoms with van der Waals surface area (Å²) in [6.45, 7) is 0. The molecule has 0 amide bonds. The zero-order chi connectivity index (χ0) is 9.26. The van der Waals surface area contributed by atoms with Crippen LogP contribution in [-0.4, -0.2) is 10.8 Å². The Balaban J connectivity index is 2.04. The van der Waals surface area contributed by atoms with Crippen molar-refractivity contribution in [2.75, 3.05) is 5.73 Å². The molecule has 68 valence electrons. The number of nitrogens with zero attached hydrogens (tertiary/aromatic N) is 1. The lowest BCUT2D eigenvalue weighted by Crippen LogP contribution is -2.05. The maximum absolute atomic E-state index is 11.4. The lowest BCUT2D eigenvalue weighted by molar-refractivity contribution is -0.119. The van der Waals surface area contributed by atoms with E-state index in [1.54, 1.807) is 12.3 Å². The molecule has 1 fully saturated rings. The van der Waals surface area contributed by atoms with Crippen LogP contribution < -0.4 is 5.73 Å². The van der Waals surface area contributed by atoms with Crippen LogP contribution in [0.2, 0.25) is 0 Å². The summed E-state index contributed by atoms with van der Waals surface area (Å²) in [4.78, 5) is 15.3. The average Bonchev–Trinajstić information content (AvgIpc) is 2.85. The number of carbonyl (C=O) groups excluding carboxylic acids is 1. The van der Waals surface area contributed by atoms with Crippen molar-refractivity contribution < 1.29 is 4.79 Å². The number of hydrogen-bond acceptors (Lipinski definition) is 3. The highest BCUT2D eigenvalue weighted by Gasteiger charge is 2.28. The van der Waals surface area contributed by atoms with Gasteiger partial charge in [0, 0.05) is 18.5 Å². The minimum absolute atomic E-state index is 0.328. The number of ketones is 1. The Morgan fingerprint density at radius 2 is 2.38 bits per heavy atom. The van der Waals surface area contributed by atoms with Crippen molar-refractivity contribution in [3.05, 3.63) is 23.9 Å². The van der Waals surface area contributed by atoms with Gasteiger partial charge in [-0.25, -0.2) is 4.98 Å². The van der Waals surface area contributed by atoms with Crippen molar-refractivity contribution in [3.63, 3.8) is 0 Å². The summed E-state index contributed by atoms with van der Waals surface area (Å²) in [6.07, 6.45) is 4.29. The number of pyridine rings is 1. The zero-order valence-electron chi connectivity index (χ0n) is 7.36. The molecule has 1 aliphatic rings. The third kappa shape index (κ3) is 2.05. The summed E-state index contributed by atoms with van der Waals surface area (Å²) < 4.78 is 0. The van der Waals surface area contributed by atoms with Gasteiger partial charge in [-0.1, -0.05) is 0 Å². The molecule has 3 heteroatoms. The molecule has 1 saturated carbocycles. The number of rotatable bonds is 3. The van der Waals surface area contributed by atoms with Crippen molar-refractivity contribution in [1.82, 2.24) is 4.98 Å². The van der Waals surface area contributed by atoms with E-state index in [-0.39, 0.29) is 0 Å². The fraction of sp³-hybridized carbons (Fsp3) is 0.400. The number of carbonyl (C=O) groups is 1. The first kappa shape index (κ1) is 8.23. The molecule has 0 atom stereocenters. The summed E-state index contributed by atoms with van der Waals surface area (Å²) in [5, 5.41) is 0. The molecule has 2 N–H and O–H groups in total. The molecule has 0 bridgehead atoms. The van der Waals surface area contributed by atoms with E-state index in [1.807, 2.05) is 6.07 Å². The summed E-state index contributed by atoms with van der Waals surface area (Å²) in [7, 11) is 0. The number of aromatic nitrogens is 1. The molecule has 0 aliphatic heterocycles. The molecular formula is C10H12N2O. The standard InChI is InChI=1S/C10H12N2O/c11-10-6-7(3-4-12-10)5-9(13)8-1-2-8/h3-4,6,8H,1-2,5H2,(H2,11,12). The fourth-order valence-corrected chi connectivity index (χ4v) is 1.36. The maximum Gasteiger partial charge on any atom is 0.140 e. The van der Waals surface area contributed by atoms with Gasteiger partial charge in [0.2, 0.25) is 0 Å². The molecule has 2 rings (SSSR count). The van der Waals surface area contributed by atoms with Crippen LogP contribution in [-0.2, 0) is 11.2 Å². The third-order valence-corrected chi connectivity index (χ3v) is 2.26. The summed E-state index contributed by atoms with van der Waals surface area (Å²) in [5.41, 5.74) is 6.48. The molecule has 3 nitrogen and oxygen atoms in total. The van der Waals surface area contributed by atoms with E-state index in [1.165, 1.54) is 0 Å². The number of nitrogens with two attached hydrogens (primary N) is 1. The number of anilines is 1. The van der Waals surface area contributed by atoms with Crippen LogP contribution in [0, 0.1) is 5.92 Å². The van der Waals surface area contributed by atoms with Crippen molar-refractivity contribution >= 4 is 11.6 Å². The van der Waals surface area contributed by atoms with Crippen LogP contribution in [0.5, 0.6) is 0 Å². The Labute approximate surface area is 77.0 Å². The van der Waals surface area contributed by atoms with Crippen LogP contribution >= 0.6 is 0 Å². The minimum Gasteiger partial charge on any atom is -0.384 e. The first-order chi connectivity index (χ1) is 6.25. The van der Waals surface area contributed by atoms with E-state index in [0.29, 0.717) is 23.9 Å². The monoisotopic (exact) mass is 176 g/mol. The van der Waals surface area contributed by atoms with E-state index in [0.717, 1.165) is 18.4 Å². The molecule has 0 saturated heterocycles. The van der Waals surface area contributed by atoms with Crippen molar-refractivity contribution in [1.29, 1.82) is 0 Å². The van der Waals surface area contributed by atoms with E-state index >= 15 is 0 Å². The van der Waals surface area contributed by atoms with E-state index in [2.05, 4.69) is 4.98 Å². The molecular weight excluding hydrogens is 164 g/mol. The second-order valence-electron chi connectivity index (χ2n) is 3.51. The van der Waals surface area contributed by atoms with Crippen LogP contribution in [0.1, 0.15) is 18.4 Å². The average molecular weight is 176 g/mol. The van der Waals surface area contributed by atoms with Gasteiger partial charge in [-0.3, -0.25) is 4.79 Å². The van der Waals surface area contributed by atoms with Gasteiger partial charge in [-0.15, -0.1) is 0 Å². The van der Waals surface area contributed by atoms with Gasteiger partial charge >= 0.3 is 0 Å². The van der Waals surface area contributed by atoms with Gasteiger partial charge in [0.25, 0.3) is 0 Å². The Hall–Kier alpha value is -1.38. The van der Waals surface area contributed by atoms with Crippen molar-refractivity contribution in [3.8, 4) is 0 Å². The molecule has 13 heavy (non-hydrogen) atoms. The topological polar surface area (TPSA) is 56.0 Å². The van der Waals surface area contributed by atoms with E-state index in [9.17, 15) is 4.79 Å². The Bertz CT molecular complexity index is 331. The molecule has 0 unspecified atom stereocenters. The second-order valence-corrected chi connectivity index (χ2v) is 3.51. The molecule has 1 aromatic rings. The maximum atomic E-state index is 11.4. The minimum atomic E-state index is 0.328. The summed E-state index contributed by atoms with van der Waals surface area (Å²) in [5.74, 6) is 1.15. The third-order valence-electron chi connectivity index (χ3n) is 2.26. The summed E-state index contributed by atoms with van der Waals surface area (Å²) in [6, 6.07) is 3.61. The normalized spacial score (nSPS) is 15.7. The molecule has 0 spiro atoms. The number of hydrogen-bond donors (Lipinski definition) is 1. The fourth-order valence-electron chi connectivity index (χ4n) is 1.36. The molecule has 1 heterocycles. The van der Waals surface area contributed by atoms with Gasteiger partial charge in [-0.2, -0.15) is 0 Å². The van der Waals surface area contributed by atoms with Crippen LogP contribution in [0.3, 0.4) is 0 Å². The van der Waals surface area contributed by atoms with Crippen LogP contribution in [0.25, 0.3) is 0 Å². The molecule has 0 aromatic carbocycles. The molecule has 1 aliphatic carbocycles. The second kappa shape index (κ2) is 3.17. The SMILES string of the molecule is Nc1cc(CC(=O)C2CC2)ccn1. The first-order valence-electron chi connectivity index (χ1n) is 4.49. The Morgan fingerprint density at radius 1 is 1.62 bits per heavy atom. The van der Waals surface area contributed by atoms with Crippen molar-refractivity contribution in [2.45, 2.75) is 19.3 Å². The molecule has 0 radical (unpaired) electrons. The van der Waals surface area contributed by atoms with E-state index < -0.39 is 0 Å². The lowest BCUT2D eigenvalue weighted by Gasteiger charge is -1.99. The Kier molecular flexibility index (Phi) is 2.00. The summed E-state index contributed by atoms with van der Waals surface area (Å²) >= 11 is 0. The van der Waals surface area contributed by atoms with Gasteiger partial charge < -0.3 is 5.73 Å². The van der Waals surface area contributed by atoms with Gasteiger partial charge in [0.1, 0.15) is 11.6 Å². The van der Waals surface area contributed by atoms with Gasteiger partial charge in [0.05, 0.1) is 0 Å². The highest BCUT2D eigenvalue weighted by molar-refractivity contribution is 5.85. The number of nitrogen functional groups attached to an aromatic ring is 1. The quantitative estimate of drug-likeness (QED) is 0.752. The zero-order valence-corrected chi connectivity index (χ0v) is 7.36.